The number of pyridine rings is 1. The van der Waals surface area contributed by atoms with Crippen molar-refractivity contribution in [2.75, 3.05) is 11.9 Å². The molecule has 4 aromatic rings. The maximum absolute atomic E-state index is 9.66. The SMILES string of the molecule is CC[C@H](C)[C@@H](CO)Nc1nc2ccc(Oc3ccnc(-c4cnn(C)c4)c3)cc2s1. The van der Waals surface area contributed by atoms with E-state index in [9.17, 15) is 5.11 Å². The molecular weight excluding hydrogens is 398 g/mol. The van der Waals surface area contributed by atoms with E-state index in [1.165, 1.54) is 0 Å². The topological polar surface area (TPSA) is 85.1 Å². The summed E-state index contributed by atoms with van der Waals surface area (Å²) in [5, 5.41) is 18.0. The summed E-state index contributed by atoms with van der Waals surface area (Å²) < 4.78 is 8.85. The standard InChI is InChI=1S/C22H25N5O2S/c1-4-14(2)20(13-28)26-22-25-18-6-5-16(10-21(18)30-22)29-17-7-8-23-19(9-17)15-11-24-27(3)12-15/h5-12,14,20,28H,4,13H2,1-3H3,(H,25,26)/t14-,20+/m0/s1. The average Bonchev–Trinajstić information content (AvgIpc) is 3.37. The lowest BCUT2D eigenvalue weighted by atomic mass is 10.0. The van der Waals surface area contributed by atoms with Gasteiger partial charge in [0.2, 0.25) is 0 Å². The van der Waals surface area contributed by atoms with Crippen LogP contribution in [-0.4, -0.2) is 37.5 Å². The molecule has 0 bridgehead atoms. The lowest BCUT2D eigenvalue weighted by Gasteiger charge is -2.21. The smallest absolute Gasteiger partial charge is 0.184 e. The highest BCUT2D eigenvalue weighted by Gasteiger charge is 2.16. The largest absolute Gasteiger partial charge is 0.457 e. The highest BCUT2D eigenvalue weighted by Crippen LogP contribution is 2.32. The number of thiazole rings is 1. The number of aryl methyl sites for hydroxylation is 1. The average molecular weight is 424 g/mol. The van der Waals surface area contributed by atoms with E-state index >= 15 is 0 Å². The minimum absolute atomic E-state index is 0.00556. The first-order chi connectivity index (χ1) is 14.6. The van der Waals surface area contributed by atoms with Crippen LogP contribution in [0.5, 0.6) is 11.5 Å². The van der Waals surface area contributed by atoms with E-state index in [0.29, 0.717) is 11.7 Å². The Bertz CT molecular complexity index is 1140. The minimum atomic E-state index is -0.00556. The van der Waals surface area contributed by atoms with Crippen LogP contribution in [0.3, 0.4) is 0 Å². The molecule has 0 aliphatic heterocycles. The number of hydrogen-bond acceptors (Lipinski definition) is 7. The molecular formula is C22H25N5O2S. The number of rotatable bonds is 8. The van der Waals surface area contributed by atoms with Crippen LogP contribution < -0.4 is 10.1 Å². The predicted octanol–water partition coefficient (Wildman–Crippen LogP) is 4.70. The Hall–Kier alpha value is -2.97. The number of nitrogens with one attached hydrogen (secondary N) is 1. The molecule has 0 unspecified atom stereocenters. The molecule has 0 saturated heterocycles. The Morgan fingerprint density at radius 2 is 2.07 bits per heavy atom. The molecule has 8 heteroatoms. The van der Waals surface area contributed by atoms with Crippen molar-refractivity contribution >= 4 is 26.7 Å². The predicted molar refractivity (Wildman–Crippen MR) is 120 cm³/mol. The van der Waals surface area contributed by atoms with Crippen molar-refractivity contribution in [1.29, 1.82) is 0 Å². The van der Waals surface area contributed by atoms with Crippen LogP contribution in [0.25, 0.3) is 21.5 Å². The van der Waals surface area contributed by atoms with Gasteiger partial charge < -0.3 is 15.2 Å². The van der Waals surface area contributed by atoms with Crippen molar-refractivity contribution in [3.63, 3.8) is 0 Å². The van der Waals surface area contributed by atoms with Crippen LogP contribution in [0.15, 0.2) is 48.9 Å². The Labute approximate surface area is 179 Å². The number of aliphatic hydroxyl groups is 1. The monoisotopic (exact) mass is 423 g/mol. The number of aromatic nitrogens is 4. The van der Waals surface area contributed by atoms with Gasteiger partial charge in [-0.15, -0.1) is 0 Å². The zero-order chi connectivity index (χ0) is 21.1. The molecule has 3 aromatic heterocycles. The van der Waals surface area contributed by atoms with Crippen molar-refractivity contribution < 1.29 is 9.84 Å². The summed E-state index contributed by atoms with van der Waals surface area (Å²) in [5.41, 5.74) is 2.66. The van der Waals surface area contributed by atoms with Gasteiger partial charge in [0.1, 0.15) is 11.5 Å². The third-order valence-electron chi connectivity index (χ3n) is 5.16. The van der Waals surface area contributed by atoms with Gasteiger partial charge >= 0.3 is 0 Å². The first-order valence-corrected chi connectivity index (χ1v) is 10.8. The molecule has 156 valence electrons. The van der Waals surface area contributed by atoms with Gasteiger partial charge in [0.15, 0.2) is 5.13 Å². The number of fused-ring (bicyclic) bond motifs is 1. The van der Waals surface area contributed by atoms with Gasteiger partial charge in [-0.1, -0.05) is 31.6 Å². The lowest BCUT2D eigenvalue weighted by molar-refractivity contribution is 0.241. The molecule has 2 atom stereocenters. The van der Waals surface area contributed by atoms with E-state index in [-0.39, 0.29) is 12.6 Å². The number of nitrogens with zero attached hydrogens (tertiary/aromatic N) is 4. The van der Waals surface area contributed by atoms with Crippen LogP contribution in [0.1, 0.15) is 20.3 Å². The third-order valence-corrected chi connectivity index (χ3v) is 6.11. The van der Waals surface area contributed by atoms with Gasteiger partial charge in [-0.2, -0.15) is 5.10 Å². The number of benzene rings is 1. The van der Waals surface area contributed by atoms with E-state index in [2.05, 4.69) is 34.2 Å². The van der Waals surface area contributed by atoms with Crippen molar-refractivity contribution in [3.05, 3.63) is 48.9 Å². The Kier molecular flexibility index (Phi) is 5.96. The quantitative estimate of drug-likeness (QED) is 0.427. The van der Waals surface area contributed by atoms with Crippen LogP contribution in [0.4, 0.5) is 5.13 Å². The lowest BCUT2D eigenvalue weighted by Crippen LogP contribution is -2.30. The van der Waals surface area contributed by atoms with Gasteiger partial charge in [-0.05, 0) is 24.1 Å². The molecule has 3 heterocycles. The number of ether oxygens (including phenoxy) is 1. The Morgan fingerprint density at radius 3 is 2.80 bits per heavy atom. The first-order valence-electron chi connectivity index (χ1n) is 9.96. The van der Waals surface area contributed by atoms with E-state index in [4.69, 9.17) is 4.74 Å². The van der Waals surface area contributed by atoms with Crippen LogP contribution >= 0.6 is 11.3 Å². The van der Waals surface area contributed by atoms with E-state index in [0.717, 1.165) is 38.8 Å². The Balaban J connectivity index is 1.53. The van der Waals surface area contributed by atoms with E-state index in [1.54, 1.807) is 28.4 Å². The third kappa shape index (κ3) is 4.44. The molecule has 0 amide bonds. The zero-order valence-corrected chi connectivity index (χ0v) is 18.1. The van der Waals surface area contributed by atoms with Gasteiger partial charge in [0.05, 0.1) is 34.8 Å². The maximum Gasteiger partial charge on any atom is 0.184 e. The summed E-state index contributed by atoms with van der Waals surface area (Å²) in [7, 11) is 1.88. The molecule has 0 aliphatic rings. The maximum atomic E-state index is 9.66. The van der Waals surface area contributed by atoms with E-state index in [1.807, 2.05) is 43.6 Å². The van der Waals surface area contributed by atoms with Gasteiger partial charge in [-0.25, -0.2) is 4.98 Å². The fraction of sp³-hybridized carbons (Fsp3) is 0.318. The summed E-state index contributed by atoms with van der Waals surface area (Å²) in [5.74, 6) is 1.81. The summed E-state index contributed by atoms with van der Waals surface area (Å²) >= 11 is 1.56. The van der Waals surface area contributed by atoms with Crippen LogP contribution in [-0.2, 0) is 7.05 Å². The Morgan fingerprint density at radius 1 is 1.23 bits per heavy atom. The molecule has 4 rings (SSSR count). The molecule has 0 fully saturated rings. The van der Waals surface area contributed by atoms with E-state index < -0.39 is 0 Å². The minimum Gasteiger partial charge on any atom is -0.457 e. The van der Waals surface area contributed by atoms with Crippen LogP contribution in [0.2, 0.25) is 0 Å². The number of hydrogen-bond donors (Lipinski definition) is 2. The highest BCUT2D eigenvalue weighted by molar-refractivity contribution is 7.22. The number of anilines is 1. The van der Waals surface area contributed by atoms with Crippen molar-refractivity contribution in [3.8, 4) is 22.8 Å². The molecule has 1 aromatic carbocycles. The van der Waals surface area contributed by atoms with Gasteiger partial charge in [0, 0.05) is 37.1 Å². The van der Waals surface area contributed by atoms with Gasteiger partial charge in [-0.3, -0.25) is 9.67 Å². The number of aliphatic hydroxyl groups excluding tert-OH is 1. The second kappa shape index (κ2) is 8.81. The summed E-state index contributed by atoms with van der Waals surface area (Å²) in [6.07, 6.45) is 6.43. The summed E-state index contributed by atoms with van der Waals surface area (Å²) in [6, 6.07) is 9.58. The molecule has 0 aliphatic carbocycles. The first kappa shape index (κ1) is 20.3. The van der Waals surface area contributed by atoms with Crippen LogP contribution in [0, 0.1) is 5.92 Å². The van der Waals surface area contributed by atoms with Crippen molar-refractivity contribution in [2.45, 2.75) is 26.3 Å². The molecule has 0 saturated carbocycles. The summed E-state index contributed by atoms with van der Waals surface area (Å²) in [4.78, 5) is 9.05. The fourth-order valence-electron chi connectivity index (χ4n) is 3.16. The normalized spacial score (nSPS) is 13.3. The molecule has 0 spiro atoms. The summed E-state index contributed by atoms with van der Waals surface area (Å²) in [6.45, 7) is 4.33. The zero-order valence-electron chi connectivity index (χ0n) is 17.2. The van der Waals surface area contributed by atoms with Crippen molar-refractivity contribution in [2.24, 2.45) is 13.0 Å². The second-order valence-corrected chi connectivity index (χ2v) is 8.38. The van der Waals surface area contributed by atoms with Crippen molar-refractivity contribution in [1.82, 2.24) is 19.7 Å². The highest BCUT2D eigenvalue weighted by atomic mass is 32.1. The molecule has 2 N–H and O–H groups in total. The molecule has 0 radical (unpaired) electrons. The van der Waals surface area contributed by atoms with Gasteiger partial charge in [0.25, 0.3) is 0 Å². The molecule has 30 heavy (non-hydrogen) atoms. The fourth-order valence-corrected chi connectivity index (χ4v) is 4.12. The second-order valence-electron chi connectivity index (χ2n) is 7.35. The molecule has 7 nitrogen and oxygen atoms in total.